The maximum Gasteiger partial charge on any atom is 0.343 e. The summed E-state index contributed by atoms with van der Waals surface area (Å²) in [7, 11) is 0. The van der Waals surface area contributed by atoms with Crippen molar-refractivity contribution in [2.45, 2.75) is 84.5 Å². The number of aromatic nitrogens is 1. The van der Waals surface area contributed by atoms with Gasteiger partial charge in [0, 0.05) is 17.9 Å². The number of esters is 1. The summed E-state index contributed by atoms with van der Waals surface area (Å²) in [5.74, 6) is 0.0989. The van der Waals surface area contributed by atoms with Gasteiger partial charge in [-0.25, -0.2) is 4.79 Å². The molecule has 0 bridgehead atoms. The number of hydrogen-bond donors (Lipinski definition) is 1. The molecule has 0 aliphatic rings. The topological polar surface area (TPSA) is 51.2 Å². The largest absolute Gasteiger partial charge is 0.421 e. The Labute approximate surface area is 182 Å². The predicted molar refractivity (Wildman–Crippen MR) is 125 cm³/mol. The van der Waals surface area contributed by atoms with Crippen molar-refractivity contribution in [2.75, 3.05) is 11.9 Å². The quantitative estimate of drug-likeness (QED) is 0.247. The van der Waals surface area contributed by atoms with Gasteiger partial charge in [-0.05, 0) is 49.7 Å². The van der Waals surface area contributed by atoms with E-state index >= 15 is 0 Å². The second-order valence-corrected chi connectivity index (χ2v) is 8.06. The van der Waals surface area contributed by atoms with E-state index in [4.69, 9.17) is 4.74 Å². The van der Waals surface area contributed by atoms with Crippen LogP contribution >= 0.6 is 0 Å². The highest BCUT2D eigenvalue weighted by atomic mass is 16.5. The zero-order valence-corrected chi connectivity index (χ0v) is 18.8. The molecule has 0 saturated carbocycles. The minimum atomic E-state index is -0.363. The lowest BCUT2D eigenvalue weighted by Gasteiger charge is -2.08. The molecule has 0 amide bonds. The Balaban J connectivity index is 1.53. The third-order valence-electron chi connectivity index (χ3n) is 5.32. The van der Waals surface area contributed by atoms with Gasteiger partial charge in [0.1, 0.15) is 5.75 Å². The van der Waals surface area contributed by atoms with Crippen molar-refractivity contribution in [2.24, 2.45) is 0 Å². The molecule has 4 heteroatoms. The van der Waals surface area contributed by atoms with Crippen molar-refractivity contribution in [1.29, 1.82) is 0 Å². The van der Waals surface area contributed by atoms with Gasteiger partial charge in [0.25, 0.3) is 0 Å². The minimum Gasteiger partial charge on any atom is -0.421 e. The van der Waals surface area contributed by atoms with Crippen LogP contribution in [0, 0.1) is 6.92 Å². The molecule has 1 heterocycles. The molecule has 1 aromatic heterocycles. The van der Waals surface area contributed by atoms with E-state index in [-0.39, 0.29) is 5.97 Å². The van der Waals surface area contributed by atoms with Gasteiger partial charge in [0.2, 0.25) is 0 Å². The van der Waals surface area contributed by atoms with Gasteiger partial charge in [-0.1, -0.05) is 71.1 Å². The van der Waals surface area contributed by atoms with Crippen LogP contribution in [0.3, 0.4) is 0 Å². The lowest BCUT2D eigenvalue weighted by molar-refractivity contribution is 0.0734. The zero-order chi connectivity index (χ0) is 21.4. The number of carbonyl (C=O) groups is 1. The molecule has 0 atom stereocenters. The molecule has 2 aromatic rings. The standard InChI is InChI=1S/C26H38N2O2/c1-3-4-5-6-7-8-9-10-11-12-13-20-27-24-17-15-23(16-18-24)26(29)30-25-19-14-22(2)28-21-25/h14-19,21,27H,3-13,20H2,1-2H3. The predicted octanol–water partition coefficient (Wildman–Crippen LogP) is 7.33. The number of unbranched alkanes of at least 4 members (excludes halogenated alkanes) is 10. The number of carbonyl (C=O) groups excluding carboxylic acids is 1. The Kier molecular flexibility index (Phi) is 11.6. The van der Waals surface area contributed by atoms with Crippen molar-refractivity contribution < 1.29 is 9.53 Å². The fraction of sp³-hybridized carbons (Fsp3) is 0.538. The maximum absolute atomic E-state index is 12.2. The zero-order valence-electron chi connectivity index (χ0n) is 18.8. The van der Waals surface area contributed by atoms with E-state index in [0.717, 1.165) is 17.9 Å². The molecular formula is C26H38N2O2. The molecule has 30 heavy (non-hydrogen) atoms. The monoisotopic (exact) mass is 410 g/mol. The van der Waals surface area contributed by atoms with E-state index in [0.29, 0.717) is 11.3 Å². The molecule has 0 fully saturated rings. The summed E-state index contributed by atoms with van der Waals surface area (Å²) >= 11 is 0. The third kappa shape index (κ3) is 9.91. The summed E-state index contributed by atoms with van der Waals surface area (Å²) in [6, 6.07) is 11.0. The normalized spacial score (nSPS) is 10.7. The lowest BCUT2D eigenvalue weighted by atomic mass is 10.1. The Bertz CT molecular complexity index is 711. The number of pyridine rings is 1. The maximum atomic E-state index is 12.2. The summed E-state index contributed by atoms with van der Waals surface area (Å²) in [5, 5.41) is 3.44. The summed E-state index contributed by atoms with van der Waals surface area (Å²) < 4.78 is 5.35. The van der Waals surface area contributed by atoms with Gasteiger partial charge >= 0.3 is 5.97 Å². The van der Waals surface area contributed by atoms with Crippen molar-refractivity contribution >= 4 is 11.7 Å². The van der Waals surface area contributed by atoms with E-state index in [1.54, 1.807) is 24.4 Å². The Morgan fingerprint density at radius 1 is 0.833 bits per heavy atom. The number of nitrogens with zero attached hydrogens (tertiary/aromatic N) is 1. The highest BCUT2D eigenvalue weighted by molar-refractivity contribution is 5.91. The smallest absolute Gasteiger partial charge is 0.343 e. The van der Waals surface area contributed by atoms with Gasteiger partial charge < -0.3 is 10.1 Å². The van der Waals surface area contributed by atoms with E-state index in [1.165, 1.54) is 70.6 Å². The first kappa shape index (κ1) is 23.9. The second kappa shape index (κ2) is 14.6. The van der Waals surface area contributed by atoms with Gasteiger partial charge in [-0.3, -0.25) is 4.98 Å². The van der Waals surface area contributed by atoms with Crippen molar-refractivity contribution in [3.05, 3.63) is 53.9 Å². The summed E-state index contributed by atoms with van der Waals surface area (Å²) in [6.07, 6.45) is 16.5. The number of rotatable bonds is 15. The number of benzene rings is 1. The van der Waals surface area contributed by atoms with E-state index in [1.807, 2.05) is 25.1 Å². The van der Waals surface area contributed by atoms with Gasteiger partial charge in [0.15, 0.2) is 0 Å². The summed E-state index contributed by atoms with van der Waals surface area (Å²) in [4.78, 5) is 16.3. The number of aryl methyl sites for hydroxylation is 1. The van der Waals surface area contributed by atoms with Crippen LogP contribution in [-0.2, 0) is 0 Å². The molecule has 164 valence electrons. The van der Waals surface area contributed by atoms with Crippen LogP contribution in [0.1, 0.15) is 93.6 Å². The fourth-order valence-corrected chi connectivity index (χ4v) is 3.43. The number of ether oxygens (including phenoxy) is 1. The molecule has 0 aliphatic carbocycles. The molecule has 2 rings (SSSR count). The van der Waals surface area contributed by atoms with Crippen LogP contribution in [0.15, 0.2) is 42.6 Å². The second-order valence-electron chi connectivity index (χ2n) is 8.06. The molecule has 0 saturated heterocycles. The molecule has 0 aliphatic heterocycles. The summed E-state index contributed by atoms with van der Waals surface area (Å²) in [5.41, 5.74) is 2.47. The van der Waals surface area contributed by atoms with Gasteiger partial charge in [0.05, 0.1) is 11.8 Å². The van der Waals surface area contributed by atoms with Gasteiger partial charge in [-0.15, -0.1) is 0 Å². The highest BCUT2D eigenvalue weighted by Gasteiger charge is 2.08. The summed E-state index contributed by atoms with van der Waals surface area (Å²) in [6.45, 7) is 5.13. The van der Waals surface area contributed by atoms with Crippen molar-refractivity contribution in [3.8, 4) is 5.75 Å². The van der Waals surface area contributed by atoms with Crippen LogP contribution in [0.4, 0.5) is 5.69 Å². The van der Waals surface area contributed by atoms with Crippen molar-refractivity contribution in [1.82, 2.24) is 4.98 Å². The SMILES string of the molecule is CCCCCCCCCCCCCNc1ccc(C(=O)Oc2ccc(C)nc2)cc1. The number of hydrogen-bond acceptors (Lipinski definition) is 4. The average Bonchev–Trinajstić information content (AvgIpc) is 2.76. The van der Waals surface area contributed by atoms with Crippen molar-refractivity contribution in [3.63, 3.8) is 0 Å². The molecule has 1 aromatic carbocycles. The fourth-order valence-electron chi connectivity index (χ4n) is 3.43. The Hall–Kier alpha value is -2.36. The first-order valence-corrected chi connectivity index (χ1v) is 11.7. The molecule has 0 unspecified atom stereocenters. The van der Waals surface area contributed by atoms with Crippen LogP contribution in [-0.4, -0.2) is 17.5 Å². The first-order valence-electron chi connectivity index (χ1n) is 11.7. The van der Waals surface area contributed by atoms with E-state index in [9.17, 15) is 4.79 Å². The highest BCUT2D eigenvalue weighted by Crippen LogP contribution is 2.15. The third-order valence-corrected chi connectivity index (χ3v) is 5.32. The average molecular weight is 411 g/mol. The Morgan fingerprint density at radius 3 is 2.00 bits per heavy atom. The Morgan fingerprint density at radius 2 is 1.43 bits per heavy atom. The van der Waals surface area contributed by atoms with Crippen LogP contribution in [0.2, 0.25) is 0 Å². The van der Waals surface area contributed by atoms with Gasteiger partial charge in [-0.2, -0.15) is 0 Å². The molecule has 0 spiro atoms. The van der Waals surface area contributed by atoms with E-state index < -0.39 is 0 Å². The van der Waals surface area contributed by atoms with E-state index in [2.05, 4.69) is 17.2 Å². The lowest BCUT2D eigenvalue weighted by Crippen LogP contribution is -2.09. The van der Waals surface area contributed by atoms with Crippen LogP contribution in [0.25, 0.3) is 0 Å². The number of nitrogens with one attached hydrogen (secondary N) is 1. The van der Waals surface area contributed by atoms with Crippen LogP contribution < -0.4 is 10.1 Å². The molecule has 4 nitrogen and oxygen atoms in total. The van der Waals surface area contributed by atoms with Crippen LogP contribution in [0.5, 0.6) is 5.75 Å². The molecule has 1 N–H and O–H groups in total. The molecule has 0 radical (unpaired) electrons. The number of anilines is 1. The first-order chi connectivity index (χ1) is 14.7. The molecular weight excluding hydrogens is 372 g/mol. The minimum absolute atomic E-state index is 0.363.